The number of carbonyl (C=O) groups excluding carboxylic acids is 1. The molecule has 0 N–H and O–H groups in total. The number of amides is 1. The van der Waals surface area contributed by atoms with Gasteiger partial charge >= 0.3 is 0 Å². The standard InChI is InChI=1S/C17H27N7O/c1-4-24-15(12-23-9-5-8-18-23)19-20-17(24)14-6-10-22(11-7-14)13-16(25)21(2)3/h5,8-9,14H,4,6-7,10-13H2,1-3H3. The second-order valence-corrected chi connectivity index (χ2v) is 6.76. The van der Waals surface area contributed by atoms with Crippen LogP contribution in [0.15, 0.2) is 18.5 Å². The van der Waals surface area contributed by atoms with Gasteiger partial charge in [-0.05, 0) is 38.9 Å². The van der Waals surface area contributed by atoms with Gasteiger partial charge in [-0.3, -0.25) is 14.4 Å². The Bertz CT molecular complexity index is 684. The Morgan fingerprint density at radius 1 is 1.28 bits per heavy atom. The molecule has 2 aromatic heterocycles. The molecule has 25 heavy (non-hydrogen) atoms. The predicted octanol–water partition coefficient (Wildman–Crippen LogP) is 0.810. The first-order valence-corrected chi connectivity index (χ1v) is 8.90. The van der Waals surface area contributed by atoms with E-state index in [4.69, 9.17) is 0 Å². The first-order valence-electron chi connectivity index (χ1n) is 8.90. The van der Waals surface area contributed by atoms with Crippen molar-refractivity contribution in [2.45, 2.75) is 38.8 Å². The van der Waals surface area contributed by atoms with Crippen LogP contribution in [0.5, 0.6) is 0 Å². The number of hydrogen-bond donors (Lipinski definition) is 0. The van der Waals surface area contributed by atoms with Gasteiger partial charge in [0.25, 0.3) is 0 Å². The minimum Gasteiger partial charge on any atom is -0.348 e. The summed E-state index contributed by atoms with van der Waals surface area (Å²) in [4.78, 5) is 15.8. The number of piperidine rings is 1. The van der Waals surface area contributed by atoms with Crippen molar-refractivity contribution in [2.75, 3.05) is 33.7 Å². The van der Waals surface area contributed by atoms with E-state index in [0.29, 0.717) is 19.0 Å². The largest absolute Gasteiger partial charge is 0.348 e. The maximum Gasteiger partial charge on any atom is 0.236 e. The van der Waals surface area contributed by atoms with E-state index in [2.05, 4.69) is 31.7 Å². The van der Waals surface area contributed by atoms with Crippen LogP contribution in [-0.4, -0.2) is 74.0 Å². The molecule has 8 heteroatoms. The van der Waals surface area contributed by atoms with Crippen LogP contribution in [0.3, 0.4) is 0 Å². The first-order chi connectivity index (χ1) is 12.1. The fourth-order valence-electron chi connectivity index (χ4n) is 3.33. The molecule has 1 amide bonds. The number of likely N-dealkylation sites (N-methyl/N-ethyl adjacent to an activating group) is 1. The van der Waals surface area contributed by atoms with Gasteiger partial charge in [-0.2, -0.15) is 5.10 Å². The van der Waals surface area contributed by atoms with E-state index in [0.717, 1.165) is 44.1 Å². The summed E-state index contributed by atoms with van der Waals surface area (Å²) in [6.07, 6.45) is 5.74. The summed E-state index contributed by atoms with van der Waals surface area (Å²) in [6, 6.07) is 1.91. The molecular formula is C17H27N7O. The molecule has 0 unspecified atom stereocenters. The summed E-state index contributed by atoms with van der Waals surface area (Å²) < 4.78 is 4.09. The fourth-order valence-corrected chi connectivity index (χ4v) is 3.33. The lowest BCUT2D eigenvalue weighted by atomic mass is 9.96. The summed E-state index contributed by atoms with van der Waals surface area (Å²) in [7, 11) is 3.61. The molecule has 0 radical (unpaired) electrons. The monoisotopic (exact) mass is 345 g/mol. The van der Waals surface area contributed by atoms with Crippen LogP contribution in [0.4, 0.5) is 0 Å². The van der Waals surface area contributed by atoms with E-state index < -0.39 is 0 Å². The molecule has 3 rings (SSSR count). The second-order valence-electron chi connectivity index (χ2n) is 6.76. The number of carbonyl (C=O) groups is 1. The van der Waals surface area contributed by atoms with Gasteiger partial charge in [0.15, 0.2) is 5.82 Å². The lowest BCUT2D eigenvalue weighted by Gasteiger charge is -2.31. The number of rotatable bonds is 6. The Hall–Kier alpha value is -2.22. The van der Waals surface area contributed by atoms with Crippen LogP contribution in [0.1, 0.15) is 37.3 Å². The number of aromatic nitrogens is 5. The molecule has 0 aromatic carbocycles. The van der Waals surface area contributed by atoms with Crippen molar-refractivity contribution in [2.24, 2.45) is 0 Å². The summed E-state index contributed by atoms with van der Waals surface area (Å²) >= 11 is 0. The van der Waals surface area contributed by atoms with Crippen molar-refractivity contribution in [3.63, 3.8) is 0 Å². The molecular weight excluding hydrogens is 318 g/mol. The van der Waals surface area contributed by atoms with Crippen LogP contribution < -0.4 is 0 Å². The Balaban J connectivity index is 1.63. The lowest BCUT2D eigenvalue weighted by Crippen LogP contribution is -2.41. The smallest absolute Gasteiger partial charge is 0.236 e. The third-order valence-electron chi connectivity index (χ3n) is 4.85. The van der Waals surface area contributed by atoms with Crippen LogP contribution >= 0.6 is 0 Å². The first kappa shape index (κ1) is 17.6. The Morgan fingerprint density at radius 3 is 2.64 bits per heavy atom. The molecule has 8 nitrogen and oxygen atoms in total. The highest BCUT2D eigenvalue weighted by Gasteiger charge is 2.26. The van der Waals surface area contributed by atoms with E-state index in [9.17, 15) is 4.79 Å². The molecule has 0 aliphatic carbocycles. The van der Waals surface area contributed by atoms with Gasteiger partial charge in [0, 0.05) is 39.0 Å². The van der Waals surface area contributed by atoms with Crippen molar-refractivity contribution < 1.29 is 4.79 Å². The van der Waals surface area contributed by atoms with Gasteiger partial charge in [0.1, 0.15) is 12.4 Å². The van der Waals surface area contributed by atoms with Gasteiger partial charge in [-0.15, -0.1) is 10.2 Å². The number of likely N-dealkylation sites (tertiary alicyclic amines) is 1. The van der Waals surface area contributed by atoms with Crippen LogP contribution in [0.2, 0.25) is 0 Å². The van der Waals surface area contributed by atoms with E-state index in [1.54, 1.807) is 25.2 Å². The highest BCUT2D eigenvalue weighted by molar-refractivity contribution is 5.77. The average Bonchev–Trinajstić information content (AvgIpc) is 3.25. The fraction of sp³-hybridized carbons (Fsp3) is 0.647. The third kappa shape index (κ3) is 4.07. The molecule has 0 atom stereocenters. The second kappa shape index (κ2) is 7.77. The summed E-state index contributed by atoms with van der Waals surface area (Å²) in [5, 5.41) is 13.1. The van der Waals surface area contributed by atoms with E-state index in [-0.39, 0.29) is 5.91 Å². The van der Waals surface area contributed by atoms with Crippen LogP contribution in [0.25, 0.3) is 0 Å². The van der Waals surface area contributed by atoms with Crippen molar-refractivity contribution in [3.05, 3.63) is 30.1 Å². The highest BCUT2D eigenvalue weighted by Crippen LogP contribution is 2.27. The van der Waals surface area contributed by atoms with Gasteiger partial charge in [0.2, 0.25) is 5.91 Å². The molecule has 0 spiro atoms. The third-order valence-corrected chi connectivity index (χ3v) is 4.85. The molecule has 2 aromatic rings. The summed E-state index contributed by atoms with van der Waals surface area (Å²) in [5.74, 6) is 2.59. The van der Waals surface area contributed by atoms with E-state index >= 15 is 0 Å². The Kier molecular flexibility index (Phi) is 5.47. The zero-order chi connectivity index (χ0) is 17.8. The Morgan fingerprint density at radius 2 is 2.04 bits per heavy atom. The highest BCUT2D eigenvalue weighted by atomic mass is 16.2. The summed E-state index contributed by atoms with van der Waals surface area (Å²) in [5.41, 5.74) is 0. The topological polar surface area (TPSA) is 72.1 Å². The molecule has 0 saturated carbocycles. The van der Waals surface area contributed by atoms with E-state index in [1.165, 1.54) is 0 Å². The quantitative estimate of drug-likeness (QED) is 0.775. The zero-order valence-corrected chi connectivity index (χ0v) is 15.3. The van der Waals surface area contributed by atoms with Gasteiger partial charge in [-0.1, -0.05) is 0 Å². The SMILES string of the molecule is CCn1c(Cn2cccn2)nnc1C1CCN(CC(=O)N(C)C)CC1. The van der Waals surface area contributed by atoms with Crippen LogP contribution in [0, 0.1) is 0 Å². The minimum atomic E-state index is 0.164. The molecule has 136 valence electrons. The molecule has 0 bridgehead atoms. The van der Waals surface area contributed by atoms with Crippen LogP contribution in [-0.2, 0) is 17.9 Å². The molecule has 1 aliphatic rings. The molecule has 3 heterocycles. The number of nitrogens with zero attached hydrogens (tertiary/aromatic N) is 7. The van der Waals surface area contributed by atoms with Gasteiger partial charge in [-0.25, -0.2) is 0 Å². The van der Waals surface area contributed by atoms with Crippen molar-refractivity contribution in [1.29, 1.82) is 0 Å². The lowest BCUT2D eigenvalue weighted by molar-refractivity contribution is -0.130. The normalized spacial score (nSPS) is 16.3. The average molecular weight is 345 g/mol. The molecule has 1 saturated heterocycles. The zero-order valence-electron chi connectivity index (χ0n) is 15.3. The molecule has 1 fully saturated rings. The minimum absolute atomic E-state index is 0.164. The van der Waals surface area contributed by atoms with Gasteiger partial charge < -0.3 is 9.47 Å². The van der Waals surface area contributed by atoms with Crippen molar-refractivity contribution >= 4 is 5.91 Å². The number of hydrogen-bond acceptors (Lipinski definition) is 5. The molecule has 1 aliphatic heterocycles. The van der Waals surface area contributed by atoms with Crippen molar-refractivity contribution in [1.82, 2.24) is 34.3 Å². The van der Waals surface area contributed by atoms with E-state index in [1.807, 2.05) is 16.9 Å². The van der Waals surface area contributed by atoms with Gasteiger partial charge in [0.05, 0.1) is 6.54 Å². The van der Waals surface area contributed by atoms with Crippen molar-refractivity contribution in [3.8, 4) is 0 Å². The summed E-state index contributed by atoms with van der Waals surface area (Å²) in [6.45, 7) is 5.99. The Labute approximate surface area is 148 Å². The maximum atomic E-state index is 11.9. The maximum absolute atomic E-state index is 11.9. The predicted molar refractivity (Wildman–Crippen MR) is 94.1 cm³/mol.